The molecular weight excluding hydrogens is 516 g/mol. The van der Waals surface area contributed by atoms with Gasteiger partial charge in [0, 0.05) is 31.1 Å². The van der Waals surface area contributed by atoms with Crippen LogP contribution in [0.25, 0.3) is 17.1 Å². The second-order valence-electron chi connectivity index (χ2n) is 9.60. The number of esters is 1. The van der Waals surface area contributed by atoms with Crippen LogP contribution in [0.4, 0.5) is 0 Å². The van der Waals surface area contributed by atoms with Crippen LogP contribution in [0.15, 0.2) is 53.0 Å². The molecule has 204 valence electrons. The van der Waals surface area contributed by atoms with E-state index in [2.05, 4.69) is 0 Å². The fourth-order valence-electron chi connectivity index (χ4n) is 5.51. The molecule has 1 atom stereocenters. The summed E-state index contributed by atoms with van der Waals surface area (Å²) in [5.41, 5.74) is 3.68. The van der Waals surface area contributed by atoms with Gasteiger partial charge in [-0.1, -0.05) is 6.07 Å². The lowest BCUT2D eigenvalue weighted by molar-refractivity contribution is -0.135. The van der Waals surface area contributed by atoms with Gasteiger partial charge in [-0.3, -0.25) is 18.7 Å². The number of hydrogen-bond donors (Lipinski definition) is 0. The molecule has 3 aromatic carbocycles. The zero-order chi connectivity index (χ0) is 28.3. The second-order valence-corrected chi connectivity index (χ2v) is 9.60. The first-order valence-electron chi connectivity index (χ1n) is 12.5. The molecule has 1 aromatic heterocycles. The van der Waals surface area contributed by atoms with Gasteiger partial charge in [0.25, 0.3) is 0 Å². The number of aryl methyl sites for hydroxylation is 2. The van der Waals surface area contributed by atoms with Gasteiger partial charge in [-0.25, -0.2) is 4.79 Å². The fraction of sp³-hybridized carbons (Fsp3) is 0.233. The van der Waals surface area contributed by atoms with Crippen LogP contribution in [0.5, 0.6) is 28.7 Å². The number of allylic oxidation sites excluding steroid dienone is 1. The summed E-state index contributed by atoms with van der Waals surface area (Å²) in [5, 5.41) is 0. The molecule has 0 radical (unpaired) electrons. The highest BCUT2D eigenvalue weighted by molar-refractivity contribution is 6.15. The third kappa shape index (κ3) is 3.67. The molecule has 10 nitrogen and oxygen atoms in total. The van der Waals surface area contributed by atoms with E-state index < -0.39 is 11.9 Å². The number of ether oxygens (including phenoxy) is 5. The van der Waals surface area contributed by atoms with Gasteiger partial charge in [0.2, 0.25) is 11.5 Å². The van der Waals surface area contributed by atoms with Gasteiger partial charge in [0.1, 0.15) is 11.5 Å². The van der Waals surface area contributed by atoms with Crippen molar-refractivity contribution in [1.29, 1.82) is 0 Å². The normalized spacial score (nSPS) is 16.9. The number of carbonyl (C=O) groups is 2. The van der Waals surface area contributed by atoms with Crippen molar-refractivity contribution in [2.24, 2.45) is 14.1 Å². The molecule has 2 aliphatic heterocycles. The largest absolute Gasteiger partial charge is 0.493 e. The van der Waals surface area contributed by atoms with E-state index in [0.29, 0.717) is 45.4 Å². The first kappa shape index (κ1) is 25.3. The molecule has 40 heavy (non-hydrogen) atoms. The number of rotatable bonds is 5. The summed E-state index contributed by atoms with van der Waals surface area (Å²) in [4.78, 5) is 38.6. The van der Waals surface area contributed by atoms with Crippen LogP contribution in [0, 0.1) is 0 Å². The van der Waals surface area contributed by atoms with Crippen molar-refractivity contribution < 1.29 is 33.3 Å². The van der Waals surface area contributed by atoms with Gasteiger partial charge in [-0.15, -0.1) is 0 Å². The molecule has 0 amide bonds. The Kier molecular flexibility index (Phi) is 5.90. The lowest BCUT2D eigenvalue weighted by atomic mass is 9.84. The SMILES string of the molecule is COc1ccc(C=C2Oc3c(ccc4c3C(c3ccc5c(c3)n(C)c(=O)n5C)CC(=O)O4)C2=O)c(OC)c1OC. The second kappa shape index (κ2) is 9.33. The smallest absolute Gasteiger partial charge is 0.328 e. The summed E-state index contributed by atoms with van der Waals surface area (Å²) in [6.45, 7) is 0. The zero-order valence-corrected chi connectivity index (χ0v) is 22.6. The molecule has 0 aliphatic carbocycles. The number of hydrogen-bond acceptors (Lipinski definition) is 8. The molecule has 10 heteroatoms. The van der Waals surface area contributed by atoms with E-state index in [1.807, 2.05) is 18.2 Å². The Hall–Kier alpha value is -4.99. The maximum Gasteiger partial charge on any atom is 0.328 e. The van der Waals surface area contributed by atoms with E-state index >= 15 is 0 Å². The summed E-state index contributed by atoms with van der Waals surface area (Å²) in [6, 6.07) is 12.3. The quantitative estimate of drug-likeness (QED) is 0.212. The summed E-state index contributed by atoms with van der Waals surface area (Å²) < 4.78 is 31.3. The minimum absolute atomic E-state index is 0.0514. The van der Waals surface area contributed by atoms with Crippen molar-refractivity contribution in [2.45, 2.75) is 12.3 Å². The molecular formula is C30H26N2O8. The van der Waals surface area contributed by atoms with Crippen molar-refractivity contribution >= 4 is 28.9 Å². The molecule has 6 rings (SSSR count). The van der Waals surface area contributed by atoms with Crippen LogP contribution in [0.2, 0.25) is 0 Å². The average molecular weight is 543 g/mol. The van der Waals surface area contributed by atoms with Gasteiger partial charge in [-0.2, -0.15) is 0 Å². The van der Waals surface area contributed by atoms with Crippen molar-refractivity contribution in [3.8, 4) is 28.7 Å². The molecule has 0 bridgehead atoms. The Bertz CT molecular complexity index is 1830. The molecule has 0 spiro atoms. The third-order valence-corrected chi connectivity index (χ3v) is 7.50. The lowest BCUT2D eigenvalue weighted by Crippen LogP contribution is -2.21. The Morgan fingerprint density at radius 1 is 0.850 bits per heavy atom. The van der Waals surface area contributed by atoms with Crippen LogP contribution < -0.4 is 29.4 Å². The van der Waals surface area contributed by atoms with Crippen LogP contribution in [-0.2, 0) is 18.9 Å². The number of ketones is 1. The monoisotopic (exact) mass is 542 g/mol. The first-order chi connectivity index (χ1) is 19.3. The Labute approximate surface area is 228 Å². The highest BCUT2D eigenvalue weighted by atomic mass is 16.5. The molecule has 2 aliphatic rings. The van der Waals surface area contributed by atoms with E-state index in [1.165, 1.54) is 21.3 Å². The van der Waals surface area contributed by atoms with Crippen molar-refractivity contribution in [3.63, 3.8) is 0 Å². The topological polar surface area (TPSA) is 107 Å². The van der Waals surface area contributed by atoms with Gasteiger partial charge < -0.3 is 23.7 Å². The van der Waals surface area contributed by atoms with Crippen LogP contribution in [0.1, 0.15) is 39.4 Å². The standard InChI is InChI=1S/C30H26N2O8/c1-31-19-9-6-15(12-20(19)32(2)30(31)35)18-14-24(33)39-21-11-8-17-26(34)23(40-28(17)25(18)21)13-16-7-10-22(36-3)29(38-5)27(16)37-4/h6-13,18H,14H2,1-5H3. The predicted octanol–water partition coefficient (Wildman–Crippen LogP) is 3.96. The van der Waals surface area contributed by atoms with Gasteiger partial charge in [0.05, 0.1) is 44.3 Å². The number of benzene rings is 3. The number of nitrogens with zero attached hydrogens (tertiary/aromatic N) is 2. The summed E-state index contributed by atoms with van der Waals surface area (Å²) >= 11 is 0. The summed E-state index contributed by atoms with van der Waals surface area (Å²) in [7, 11) is 7.95. The minimum Gasteiger partial charge on any atom is -0.493 e. The fourth-order valence-corrected chi connectivity index (χ4v) is 5.51. The van der Waals surface area contributed by atoms with E-state index in [9.17, 15) is 14.4 Å². The molecule has 0 saturated heterocycles. The van der Waals surface area contributed by atoms with Crippen molar-refractivity contribution in [2.75, 3.05) is 21.3 Å². The van der Waals surface area contributed by atoms with Gasteiger partial charge in [-0.05, 0) is 48.0 Å². The molecule has 0 fully saturated rings. The number of aromatic nitrogens is 2. The van der Waals surface area contributed by atoms with Crippen LogP contribution in [-0.4, -0.2) is 42.2 Å². The number of Topliss-reactive ketones (excluding diaryl/α,β-unsaturated/α-hetero) is 1. The highest BCUT2D eigenvalue weighted by Gasteiger charge is 2.39. The van der Waals surface area contributed by atoms with E-state index in [0.717, 1.165) is 16.6 Å². The first-order valence-corrected chi connectivity index (χ1v) is 12.5. The maximum absolute atomic E-state index is 13.5. The Morgan fingerprint density at radius 3 is 2.33 bits per heavy atom. The number of methoxy groups -OCH3 is 3. The maximum atomic E-state index is 13.5. The highest BCUT2D eigenvalue weighted by Crippen LogP contribution is 2.50. The predicted molar refractivity (Wildman–Crippen MR) is 146 cm³/mol. The molecule has 1 unspecified atom stereocenters. The molecule has 0 N–H and O–H groups in total. The molecule has 3 heterocycles. The third-order valence-electron chi connectivity index (χ3n) is 7.50. The molecule has 0 saturated carbocycles. The Balaban J connectivity index is 1.47. The zero-order valence-electron chi connectivity index (χ0n) is 22.6. The lowest BCUT2D eigenvalue weighted by Gasteiger charge is -2.26. The summed E-state index contributed by atoms with van der Waals surface area (Å²) in [6.07, 6.45) is 1.64. The number of imidazole rings is 1. The van der Waals surface area contributed by atoms with Crippen molar-refractivity contribution in [1.82, 2.24) is 9.13 Å². The van der Waals surface area contributed by atoms with Gasteiger partial charge >= 0.3 is 11.7 Å². The van der Waals surface area contributed by atoms with Crippen LogP contribution >= 0.6 is 0 Å². The van der Waals surface area contributed by atoms with E-state index in [-0.39, 0.29) is 23.7 Å². The Morgan fingerprint density at radius 2 is 1.60 bits per heavy atom. The van der Waals surface area contributed by atoms with E-state index in [4.69, 9.17) is 23.7 Å². The van der Waals surface area contributed by atoms with Crippen molar-refractivity contribution in [3.05, 3.63) is 81.0 Å². The number of carbonyl (C=O) groups excluding carboxylic acids is 2. The minimum atomic E-state index is -0.450. The number of fused-ring (bicyclic) bond motifs is 4. The molecule has 4 aromatic rings. The summed E-state index contributed by atoms with van der Waals surface area (Å²) in [5.74, 6) is 0.859. The van der Waals surface area contributed by atoms with E-state index in [1.54, 1.807) is 53.6 Å². The average Bonchev–Trinajstić information content (AvgIpc) is 3.39. The van der Waals surface area contributed by atoms with Gasteiger partial charge in [0.15, 0.2) is 17.3 Å². The van der Waals surface area contributed by atoms with Crippen LogP contribution in [0.3, 0.4) is 0 Å².